The third-order valence-electron chi connectivity index (χ3n) is 6.53. The standard InChI is InChI=1S/C29H27NO5S/c1-18-26(29(33)35-13-12-34-22-9-3-2-4-10-22)27(19-7-5-8-21(31)15-19)28-23(30-18)16-20(17-24(28)32)25-11-6-14-36-25/h2-11,14-15,20,27,30-31H,12-13,16-17H2,1H3/t20-,27+/m1/s1. The number of esters is 1. The van der Waals surface area contributed by atoms with E-state index in [1.807, 2.05) is 54.8 Å². The highest BCUT2D eigenvalue weighted by Gasteiger charge is 2.41. The van der Waals surface area contributed by atoms with Gasteiger partial charge in [0.25, 0.3) is 0 Å². The van der Waals surface area contributed by atoms with E-state index in [1.54, 1.807) is 29.5 Å². The van der Waals surface area contributed by atoms with Gasteiger partial charge in [-0.15, -0.1) is 11.3 Å². The summed E-state index contributed by atoms with van der Waals surface area (Å²) >= 11 is 1.65. The molecule has 0 amide bonds. The molecule has 0 saturated heterocycles. The highest BCUT2D eigenvalue weighted by atomic mass is 32.1. The maximum Gasteiger partial charge on any atom is 0.336 e. The minimum atomic E-state index is -0.618. The van der Waals surface area contributed by atoms with Crippen molar-refractivity contribution in [3.63, 3.8) is 0 Å². The summed E-state index contributed by atoms with van der Waals surface area (Å²) in [4.78, 5) is 28.1. The van der Waals surface area contributed by atoms with Gasteiger partial charge < -0.3 is 19.9 Å². The van der Waals surface area contributed by atoms with Gasteiger partial charge in [0.15, 0.2) is 5.78 Å². The monoisotopic (exact) mass is 501 g/mol. The van der Waals surface area contributed by atoms with Crippen LogP contribution in [0.5, 0.6) is 11.5 Å². The molecule has 2 aliphatic rings. The maximum atomic E-state index is 13.5. The first-order chi connectivity index (χ1) is 17.5. The minimum absolute atomic E-state index is 0.000652. The van der Waals surface area contributed by atoms with Gasteiger partial charge in [-0.25, -0.2) is 4.79 Å². The molecule has 2 atom stereocenters. The highest BCUT2D eigenvalue weighted by molar-refractivity contribution is 7.10. The molecule has 0 spiro atoms. The van der Waals surface area contributed by atoms with Gasteiger partial charge in [-0.05, 0) is 54.6 Å². The van der Waals surface area contributed by atoms with Crippen LogP contribution in [0.25, 0.3) is 0 Å². The summed E-state index contributed by atoms with van der Waals surface area (Å²) in [6, 6.07) is 20.1. The second-order valence-corrected chi connectivity index (χ2v) is 9.90. The lowest BCUT2D eigenvalue weighted by atomic mass is 9.72. The van der Waals surface area contributed by atoms with Gasteiger partial charge in [-0.3, -0.25) is 4.79 Å². The van der Waals surface area contributed by atoms with Crippen LogP contribution in [0.4, 0.5) is 0 Å². The van der Waals surface area contributed by atoms with Gasteiger partial charge in [0.2, 0.25) is 0 Å². The number of phenols is 1. The summed E-state index contributed by atoms with van der Waals surface area (Å²) in [5, 5.41) is 15.6. The van der Waals surface area contributed by atoms with Crippen molar-refractivity contribution in [1.82, 2.24) is 5.32 Å². The summed E-state index contributed by atoms with van der Waals surface area (Å²) in [6.45, 7) is 2.11. The van der Waals surface area contributed by atoms with Crippen molar-refractivity contribution in [1.29, 1.82) is 0 Å². The van der Waals surface area contributed by atoms with E-state index in [4.69, 9.17) is 9.47 Å². The number of ketones is 1. The Hall–Kier alpha value is -3.84. The Bertz CT molecular complexity index is 1330. The number of Topliss-reactive ketones (excluding diaryl/α,β-unsaturated/α-hetero) is 1. The number of allylic oxidation sites excluding steroid dienone is 3. The molecule has 36 heavy (non-hydrogen) atoms. The zero-order valence-corrected chi connectivity index (χ0v) is 20.7. The fourth-order valence-electron chi connectivity index (χ4n) is 4.96. The molecular formula is C29H27NO5S. The first kappa shape index (κ1) is 23.9. The normalized spacial score (nSPS) is 19.5. The third kappa shape index (κ3) is 4.93. The quantitative estimate of drug-likeness (QED) is 0.331. The molecule has 184 valence electrons. The second kappa shape index (κ2) is 10.4. The fraction of sp³-hybridized carbons (Fsp3) is 0.241. The molecule has 2 heterocycles. The molecule has 0 saturated carbocycles. The number of aromatic hydroxyl groups is 1. The molecule has 0 bridgehead atoms. The number of nitrogens with one attached hydrogen (secondary N) is 1. The second-order valence-electron chi connectivity index (χ2n) is 8.93. The Balaban J connectivity index is 1.41. The lowest BCUT2D eigenvalue weighted by molar-refractivity contribution is -0.140. The van der Waals surface area contributed by atoms with E-state index >= 15 is 0 Å². The van der Waals surface area contributed by atoms with E-state index in [0.29, 0.717) is 41.0 Å². The number of ether oxygens (including phenoxy) is 2. The molecule has 0 radical (unpaired) electrons. The van der Waals surface area contributed by atoms with Crippen LogP contribution in [-0.2, 0) is 14.3 Å². The number of benzene rings is 2. The summed E-state index contributed by atoms with van der Waals surface area (Å²) < 4.78 is 11.2. The Labute approximate surface area is 213 Å². The van der Waals surface area contributed by atoms with Crippen LogP contribution in [0.1, 0.15) is 42.0 Å². The van der Waals surface area contributed by atoms with Crippen molar-refractivity contribution < 1.29 is 24.2 Å². The van der Waals surface area contributed by atoms with Gasteiger partial charge in [0, 0.05) is 40.1 Å². The van der Waals surface area contributed by atoms with E-state index in [0.717, 1.165) is 5.70 Å². The highest BCUT2D eigenvalue weighted by Crippen LogP contribution is 2.46. The van der Waals surface area contributed by atoms with E-state index in [1.165, 1.54) is 4.88 Å². The van der Waals surface area contributed by atoms with Crippen molar-refractivity contribution in [2.24, 2.45) is 0 Å². The number of thiophene rings is 1. The van der Waals surface area contributed by atoms with Crippen LogP contribution < -0.4 is 10.1 Å². The number of carbonyl (C=O) groups excluding carboxylic acids is 2. The van der Waals surface area contributed by atoms with Crippen molar-refractivity contribution in [2.75, 3.05) is 13.2 Å². The van der Waals surface area contributed by atoms with Gasteiger partial charge in [0.05, 0.1) is 5.57 Å². The number of carbonyl (C=O) groups is 2. The minimum Gasteiger partial charge on any atom is -0.508 e. The van der Waals surface area contributed by atoms with Gasteiger partial charge in [-0.1, -0.05) is 36.4 Å². The third-order valence-corrected chi connectivity index (χ3v) is 7.56. The van der Waals surface area contributed by atoms with Crippen molar-refractivity contribution in [2.45, 2.75) is 31.6 Å². The molecule has 5 rings (SSSR count). The van der Waals surface area contributed by atoms with E-state index < -0.39 is 11.9 Å². The van der Waals surface area contributed by atoms with Crippen LogP contribution in [0.15, 0.2) is 94.7 Å². The zero-order valence-electron chi connectivity index (χ0n) is 19.9. The summed E-state index contributed by atoms with van der Waals surface area (Å²) in [6.07, 6.45) is 1.06. The van der Waals surface area contributed by atoms with E-state index in [9.17, 15) is 14.7 Å². The van der Waals surface area contributed by atoms with E-state index in [2.05, 4.69) is 11.4 Å². The van der Waals surface area contributed by atoms with Crippen molar-refractivity contribution >= 4 is 23.1 Å². The number of phenolic OH excluding ortho intramolecular Hbond substituents is 1. The largest absolute Gasteiger partial charge is 0.508 e. The molecule has 1 aliphatic carbocycles. The summed E-state index contributed by atoms with van der Waals surface area (Å²) in [5.41, 5.74) is 3.11. The van der Waals surface area contributed by atoms with Crippen LogP contribution in [0, 0.1) is 0 Å². The molecule has 0 fully saturated rings. The molecule has 2 aromatic carbocycles. The Morgan fingerprint density at radius 2 is 1.89 bits per heavy atom. The SMILES string of the molecule is CC1=C(C(=O)OCCOc2ccccc2)[C@H](c2cccc(O)c2)C2=C(C[C@@H](c3cccs3)CC2=O)N1. The molecular weight excluding hydrogens is 474 g/mol. The molecule has 3 aromatic rings. The molecule has 0 unspecified atom stereocenters. The molecule has 7 heteroatoms. The first-order valence-electron chi connectivity index (χ1n) is 11.9. The lowest BCUT2D eigenvalue weighted by Gasteiger charge is -2.36. The Morgan fingerprint density at radius 3 is 2.64 bits per heavy atom. The zero-order chi connectivity index (χ0) is 25.1. The van der Waals surface area contributed by atoms with E-state index in [-0.39, 0.29) is 30.7 Å². The predicted octanol–water partition coefficient (Wildman–Crippen LogP) is 5.44. The molecule has 6 nitrogen and oxygen atoms in total. The topological polar surface area (TPSA) is 84.9 Å². The average molecular weight is 502 g/mol. The van der Waals surface area contributed by atoms with Crippen LogP contribution in [0.2, 0.25) is 0 Å². The van der Waals surface area contributed by atoms with Crippen molar-refractivity contribution in [3.05, 3.63) is 105 Å². The lowest BCUT2D eigenvalue weighted by Crippen LogP contribution is -2.36. The average Bonchev–Trinajstić information content (AvgIpc) is 3.41. The number of para-hydroxylation sites is 1. The van der Waals surface area contributed by atoms with Gasteiger partial charge >= 0.3 is 5.97 Å². The predicted molar refractivity (Wildman–Crippen MR) is 138 cm³/mol. The number of hydrogen-bond acceptors (Lipinski definition) is 7. The Kier molecular flexibility index (Phi) is 6.91. The Morgan fingerprint density at radius 1 is 1.06 bits per heavy atom. The first-order valence-corrected chi connectivity index (χ1v) is 12.8. The van der Waals surface area contributed by atoms with Crippen LogP contribution in [0.3, 0.4) is 0 Å². The summed E-state index contributed by atoms with van der Waals surface area (Å²) in [7, 11) is 0. The van der Waals surface area contributed by atoms with Crippen LogP contribution >= 0.6 is 11.3 Å². The maximum absolute atomic E-state index is 13.5. The molecule has 1 aromatic heterocycles. The number of hydrogen-bond donors (Lipinski definition) is 2. The summed E-state index contributed by atoms with van der Waals surface area (Å²) in [5.74, 6) is -0.249. The van der Waals surface area contributed by atoms with Crippen LogP contribution in [-0.4, -0.2) is 30.1 Å². The van der Waals surface area contributed by atoms with Gasteiger partial charge in [-0.2, -0.15) is 0 Å². The van der Waals surface area contributed by atoms with Gasteiger partial charge in [0.1, 0.15) is 24.7 Å². The number of rotatable bonds is 7. The smallest absolute Gasteiger partial charge is 0.336 e. The number of dihydropyridines is 1. The molecule has 1 aliphatic heterocycles. The molecule has 2 N–H and O–H groups in total. The van der Waals surface area contributed by atoms with Crippen molar-refractivity contribution in [3.8, 4) is 11.5 Å². The fourth-order valence-corrected chi connectivity index (χ4v) is 5.79.